The summed E-state index contributed by atoms with van der Waals surface area (Å²) < 4.78 is 15.9. The van der Waals surface area contributed by atoms with Gasteiger partial charge in [-0.3, -0.25) is 0 Å². The third-order valence-electron chi connectivity index (χ3n) is 2.92. The van der Waals surface area contributed by atoms with Crippen molar-refractivity contribution in [1.29, 1.82) is 0 Å². The van der Waals surface area contributed by atoms with E-state index < -0.39 is 0 Å². The maximum atomic E-state index is 13.1. The minimum atomic E-state index is -0.0913. The van der Waals surface area contributed by atoms with Crippen molar-refractivity contribution in [3.63, 3.8) is 0 Å². The molecule has 0 spiro atoms. The quantitative estimate of drug-likeness (QED) is 0.717. The molecule has 78 valence electrons. The van der Waals surface area contributed by atoms with Crippen molar-refractivity contribution < 1.29 is 4.39 Å². The van der Waals surface area contributed by atoms with Crippen molar-refractivity contribution in [2.45, 2.75) is 12.8 Å². The van der Waals surface area contributed by atoms with Gasteiger partial charge in [-0.15, -0.1) is 0 Å². The summed E-state index contributed by atoms with van der Waals surface area (Å²) in [6.07, 6.45) is 2.25. The van der Waals surface area contributed by atoms with Crippen molar-refractivity contribution in [1.82, 2.24) is 5.32 Å². The molecule has 1 aromatic carbocycles. The Morgan fingerprint density at radius 2 is 2.07 bits per heavy atom. The summed E-state index contributed by atoms with van der Waals surface area (Å²) in [6.45, 7) is 2.14. The molecule has 3 heteroatoms. The summed E-state index contributed by atoms with van der Waals surface area (Å²) in [5.74, 6) is -0.0913. The topological polar surface area (TPSA) is 12.0 Å². The molecule has 0 atom stereocenters. The number of benzene rings is 1. The molecule has 1 nitrogen and oxygen atoms in total. The summed E-state index contributed by atoms with van der Waals surface area (Å²) in [5.41, 5.74) is 1.50. The first-order valence-electron chi connectivity index (χ1n) is 5.25. The Bertz CT molecular complexity index is 504. The van der Waals surface area contributed by atoms with E-state index in [2.05, 4.69) is 5.32 Å². The van der Waals surface area contributed by atoms with Gasteiger partial charge in [-0.05, 0) is 0 Å². The van der Waals surface area contributed by atoms with Crippen molar-refractivity contribution in [3.05, 3.63) is 34.0 Å². The Balaban J connectivity index is 2.23. The first-order chi connectivity index (χ1) is 7.34. The Labute approximate surface area is 94.0 Å². The van der Waals surface area contributed by atoms with E-state index in [0.717, 1.165) is 25.9 Å². The van der Waals surface area contributed by atoms with Crippen LogP contribution in [0, 0.1) is 5.82 Å². The summed E-state index contributed by atoms with van der Waals surface area (Å²) in [6, 6.07) is 5.26. The van der Waals surface area contributed by atoms with Gasteiger partial charge in [0.25, 0.3) is 0 Å². The number of hydrogen-bond donors (Lipinski definition) is 1. The molecule has 15 heavy (non-hydrogen) atoms. The van der Waals surface area contributed by atoms with E-state index in [0.29, 0.717) is 14.5 Å². The van der Waals surface area contributed by atoms with Gasteiger partial charge in [0.2, 0.25) is 0 Å². The van der Waals surface area contributed by atoms with Crippen molar-refractivity contribution in [2.24, 2.45) is 0 Å². The summed E-state index contributed by atoms with van der Waals surface area (Å²) in [7, 11) is 0. The molecule has 3 rings (SSSR count). The molecular weight excluding hydrogens is 256 g/mol. The molecule has 0 unspecified atom stereocenters. The van der Waals surface area contributed by atoms with Crippen molar-refractivity contribution in [2.75, 3.05) is 13.1 Å². The van der Waals surface area contributed by atoms with Crippen LogP contribution in [0.25, 0.3) is 9.65 Å². The number of rotatable bonds is 0. The molecule has 0 amide bonds. The van der Waals surface area contributed by atoms with Crippen LogP contribution in [0.4, 0.5) is 4.39 Å². The fraction of sp³-hybridized carbons (Fsp3) is 0.333. The predicted molar refractivity (Wildman–Crippen MR) is 61.1 cm³/mol. The van der Waals surface area contributed by atoms with Crippen molar-refractivity contribution >= 4 is 24.1 Å². The van der Waals surface area contributed by atoms with E-state index in [4.69, 9.17) is 0 Å². The fourth-order valence-corrected chi connectivity index (χ4v) is 4.87. The Morgan fingerprint density at radius 1 is 1.20 bits per heavy atom. The van der Waals surface area contributed by atoms with E-state index in [1.165, 1.54) is 15.2 Å². The van der Waals surface area contributed by atoms with Gasteiger partial charge >= 0.3 is 93.8 Å². The molecule has 0 aliphatic carbocycles. The van der Waals surface area contributed by atoms with Crippen LogP contribution in [-0.2, 0) is 12.8 Å². The van der Waals surface area contributed by atoms with Gasteiger partial charge in [-0.25, -0.2) is 0 Å². The SMILES string of the molecule is Fc1ccc2c3c([se]c2c1)CCNCC3. The first kappa shape index (κ1) is 9.59. The van der Waals surface area contributed by atoms with Crippen LogP contribution in [0.1, 0.15) is 10.0 Å². The summed E-state index contributed by atoms with van der Waals surface area (Å²) >= 11 is 0.374. The van der Waals surface area contributed by atoms with Gasteiger partial charge in [0, 0.05) is 0 Å². The van der Waals surface area contributed by atoms with Crippen LogP contribution >= 0.6 is 0 Å². The van der Waals surface area contributed by atoms with E-state index >= 15 is 0 Å². The molecule has 0 fully saturated rings. The van der Waals surface area contributed by atoms with E-state index in [1.54, 1.807) is 16.6 Å². The molecule has 1 N–H and O–H groups in total. The van der Waals surface area contributed by atoms with E-state index in [-0.39, 0.29) is 5.82 Å². The number of hydrogen-bond acceptors (Lipinski definition) is 1. The number of nitrogens with one attached hydrogen (secondary N) is 1. The van der Waals surface area contributed by atoms with Crippen LogP contribution in [-0.4, -0.2) is 27.6 Å². The van der Waals surface area contributed by atoms with Gasteiger partial charge in [-0.1, -0.05) is 0 Å². The monoisotopic (exact) mass is 269 g/mol. The average molecular weight is 268 g/mol. The molecular formula is C12H12FNSe. The van der Waals surface area contributed by atoms with Gasteiger partial charge in [0.15, 0.2) is 0 Å². The molecule has 0 bridgehead atoms. The maximum absolute atomic E-state index is 13.1. The van der Waals surface area contributed by atoms with Gasteiger partial charge in [-0.2, -0.15) is 0 Å². The molecule has 0 saturated carbocycles. The molecule has 0 saturated heterocycles. The van der Waals surface area contributed by atoms with Crippen LogP contribution in [0.5, 0.6) is 0 Å². The zero-order valence-electron chi connectivity index (χ0n) is 8.35. The first-order valence-corrected chi connectivity index (χ1v) is 6.96. The van der Waals surface area contributed by atoms with Gasteiger partial charge < -0.3 is 0 Å². The minimum absolute atomic E-state index is 0.0913. The second-order valence-electron chi connectivity index (χ2n) is 3.89. The second kappa shape index (κ2) is 3.75. The number of fused-ring (bicyclic) bond motifs is 3. The standard InChI is InChI=1S/C12H12FNSe/c13-8-1-2-9-10-3-5-14-6-4-11(10)15-12(9)7-8/h1-2,7,14H,3-6H2. The Hall–Kier alpha value is -0.631. The van der Waals surface area contributed by atoms with Crippen LogP contribution in [0.2, 0.25) is 0 Å². The third-order valence-corrected chi connectivity index (χ3v) is 5.55. The second-order valence-corrected chi connectivity index (χ2v) is 6.28. The van der Waals surface area contributed by atoms with Crippen LogP contribution in [0.3, 0.4) is 0 Å². The molecule has 1 aromatic heterocycles. The van der Waals surface area contributed by atoms with Crippen LogP contribution < -0.4 is 5.32 Å². The number of halogens is 1. The van der Waals surface area contributed by atoms with E-state index in [1.807, 2.05) is 6.07 Å². The van der Waals surface area contributed by atoms with Crippen molar-refractivity contribution in [3.8, 4) is 0 Å². The summed E-state index contributed by atoms with van der Waals surface area (Å²) in [4.78, 5) is 0. The molecule has 1 aliphatic heterocycles. The van der Waals surface area contributed by atoms with Gasteiger partial charge in [0.1, 0.15) is 0 Å². The van der Waals surface area contributed by atoms with E-state index in [9.17, 15) is 4.39 Å². The molecule has 0 radical (unpaired) electrons. The zero-order valence-corrected chi connectivity index (χ0v) is 10.1. The molecule has 2 heterocycles. The summed E-state index contributed by atoms with van der Waals surface area (Å²) in [5, 5.41) is 4.73. The average Bonchev–Trinajstić information content (AvgIpc) is 2.42. The normalized spacial score (nSPS) is 16.3. The van der Waals surface area contributed by atoms with Gasteiger partial charge in [0.05, 0.1) is 0 Å². The fourth-order valence-electron chi connectivity index (χ4n) is 2.19. The Kier molecular flexibility index (Phi) is 2.39. The molecule has 1 aliphatic rings. The third kappa shape index (κ3) is 1.65. The predicted octanol–water partition coefficient (Wildman–Crippen LogP) is 1.72. The van der Waals surface area contributed by atoms with Crippen LogP contribution in [0.15, 0.2) is 18.2 Å². The zero-order chi connectivity index (χ0) is 10.3. The Morgan fingerprint density at radius 3 is 3.00 bits per heavy atom. The molecule has 2 aromatic rings.